The topological polar surface area (TPSA) is 30.5 Å². The second-order valence-corrected chi connectivity index (χ2v) is 5.28. The molecule has 3 nitrogen and oxygen atoms in total. The summed E-state index contributed by atoms with van der Waals surface area (Å²) in [5.41, 5.74) is 1.14. The Morgan fingerprint density at radius 3 is 3.06 bits per heavy atom. The van der Waals surface area contributed by atoms with Crippen LogP contribution in [0.15, 0.2) is 18.2 Å². The molecule has 1 saturated heterocycles. The molecule has 1 aromatic rings. The van der Waals surface area contributed by atoms with Crippen LogP contribution in [0.3, 0.4) is 0 Å². The van der Waals surface area contributed by atoms with E-state index in [1.54, 1.807) is 0 Å². The van der Waals surface area contributed by atoms with E-state index in [0.717, 1.165) is 17.2 Å². The smallest absolute Gasteiger partial charge is 0.231 e. The fourth-order valence-electron chi connectivity index (χ4n) is 2.08. The first kappa shape index (κ1) is 10.1. The quantitative estimate of drug-likeness (QED) is 0.856. The number of rotatable bonds is 2. The van der Waals surface area contributed by atoms with Crippen LogP contribution in [0.1, 0.15) is 12.8 Å². The number of hydrogen-bond donors (Lipinski definition) is 1. The van der Waals surface area contributed by atoms with Crippen LogP contribution in [0.2, 0.25) is 0 Å². The largest absolute Gasteiger partial charge is 0.454 e. The van der Waals surface area contributed by atoms with Crippen molar-refractivity contribution in [3.05, 3.63) is 18.2 Å². The monoisotopic (exact) mass is 237 g/mol. The lowest BCUT2D eigenvalue weighted by atomic mass is 10.1. The SMILES string of the molecule is c1cc2c(cc1NC1CCCSC1)OCO2. The Labute approximate surface area is 99.5 Å². The van der Waals surface area contributed by atoms with Crippen LogP contribution < -0.4 is 14.8 Å². The highest BCUT2D eigenvalue weighted by Gasteiger charge is 2.16. The van der Waals surface area contributed by atoms with Gasteiger partial charge in [-0.15, -0.1) is 0 Å². The van der Waals surface area contributed by atoms with Gasteiger partial charge in [-0.2, -0.15) is 11.8 Å². The Kier molecular flexibility index (Phi) is 2.82. The molecule has 3 rings (SSSR count). The Morgan fingerprint density at radius 1 is 1.25 bits per heavy atom. The Morgan fingerprint density at radius 2 is 2.19 bits per heavy atom. The van der Waals surface area contributed by atoms with Crippen LogP contribution in [0, 0.1) is 0 Å². The first-order chi connectivity index (χ1) is 7.92. The molecular formula is C12H15NO2S. The number of anilines is 1. The molecule has 1 atom stereocenters. The zero-order valence-electron chi connectivity index (χ0n) is 9.07. The van der Waals surface area contributed by atoms with Gasteiger partial charge in [0.05, 0.1) is 0 Å². The molecule has 0 amide bonds. The number of hydrogen-bond acceptors (Lipinski definition) is 4. The van der Waals surface area contributed by atoms with E-state index in [2.05, 4.69) is 11.4 Å². The predicted octanol–water partition coefficient (Wildman–Crippen LogP) is 2.72. The first-order valence-corrected chi connectivity index (χ1v) is 6.81. The van der Waals surface area contributed by atoms with E-state index in [0.29, 0.717) is 12.8 Å². The van der Waals surface area contributed by atoms with Gasteiger partial charge in [0, 0.05) is 23.5 Å². The fourth-order valence-corrected chi connectivity index (χ4v) is 3.15. The van der Waals surface area contributed by atoms with E-state index >= 15 is 0 Å². The number of nitrogens with one attached hydrogen (secondary N) is 1. The third kappa shape index (κ3) is 2.07. The summed E-state index contributed by atoms with van der Waals surface area (Å²) >= 11 is 2.03. The van der Waals surface area contributed by atoms with Crippen molar-refractivity contribution in [2.75, 3.05) is 23.6 Å². The van der Waals surface area contributed by atoms with Gasteiger partial charge in [0.15, 0.2) is 11.5 Å². The van der Waals surface area contributed by atoms with Crippen molar-refractivity contribution in [2.24, 2.45) is 0 Å². The van der Waals surface area contributed by atoms with Crippen LogP contribution in [0.25, 0.3) is 0 Å². The molecule has 0 bridgehead atoms. The van der Waals surface area contributed by atoms with Crippen molar-refractivity contribution >= 4 is 17.4 Å². The molecule has 0 spiro atoms. The molecule has 2 aliphatic heterocycles. The Hall–Kier alpha value is -1.03. The predicted molar refractivity (Wildman–Crippen MR) is 66.5 cm³/mol. The molecule has 0 aromatic heterocycles. The Balaban J connectivity index is 1.69. The van der Waals surface area contributed by atoms with Gasteiger partial charge < -0.3 is 14.8 Å². The second-order valence-electron chi connectivity index (χ2n) is 4.13. The zero-order chi connectivity index (χ0) is 10.8. The average molecular weight is 237 g/mol. The maximum Gasteiger partial charge on any atom is 0.231 e. The molecule has 0 aliphatic carbocycles. The molecule has 1 N–H and O–H groups in total. The standard InChI is InChI=1S/C12H15NO2S/c1-2-10(7-16-5-1)13-9-3-4-11-12(6-9)15-8-14-11/h3-4,6,10,13H,1-2,5,7-8H2. The normalized spacial score (nSPS) is 23.1. The summed E-state index contributed by atoms with van der Waals surface area (Å²) < 4.78 is 10.7. The van der Waals surface area contributed by atoms with Gasteiger partial charge in [-0.25, -0.2) is 0 Å². The highest BCUT2D eigenvalue weighted by molar-refractivity contribution is 7.99. The third-order valence-corrected chi connectivity index (χ3v) is 4.12. The minimum Gasteiger partial charge on any atom is -0.454 e. The number of thioether (sulfide) groups is 1. The number of benzene rings is 1. The van der Waals surface area contributed by atoms with Gasteiger partial charge in [0.2, 0.25) is 6.79 Å². The number of fused-ring (bicyclic) bond motifs is 1. The van der Waals surface area contributed by atoms with Gasteiger partial charge in [0.1, 0.15) is 0 Å². The van der Waals surface area contributed by atoms with E-state index in [1.807, 2.05) is 23.9 Å². The van der Waals surface area contributed by atoms with E-state index < -0.39 is 0 Å². The lowest BCUT2D eigenvalue weighted by molar-refractivity contribution is 0.174. The molecule has 4 heteroatoms. The van der Waals surface area contributed by atoms with Crippen LogP contribution in [0.4, 0.5) is 5.69 Å². The van der Waals surface area contributed by atoms with E-state index in [-0.39, 0.29) is 0 Å². The summed E-state index contributed by atoms with van der Waals surface area (Å²) in [5.74, 6) is 4.21. The van der Waals surface area contributed by atoms with E-state index in [9.17, 15) is 0 Å². The Bertz CT molecular complexity index is 377. The molecular weight excluding hydrogens is 222 g/mol. The van der Waals surface area contributed by atoms with Gasteiger partial charge in [-0.1, -0.05) is 0 Å². The lowest BCUT2D eigenvalue weighted by Crippen LogP contribution is -2.25. The van der Waals surface area contributed by atoms with E-state index in [1.165, 1.54) is 24.3 Å². The van der Waals surface area contributed by atoms with Gasteiger partial charge >= 0.3 is 0 Å². The van der Waals surface area contributed by atoms with Crippen molar-refractivity contribution in [1.29, 1.82) is 0 Å². The summed E-state index contributed by atoms with van der Waals surface area (Å²) in [5, 5.41) is 3.55. The lowest BCUT2D eigenvalue weighted by Gasteiger charge is -2.23. The van der Waals surface area contributed by atoms with Crippen LogP contribution in [-0.4, -0.2) is 24.3 Å². The summed E-state index contributed by atoms with van der Waals surface area (Å²) in [6.45, 7) is 0.345. The van der Waals surface area contributed by atoms with Gasteiger partial charge in [-0.3, -0.25) is 0 Å². The van der Waals surface area contributed by atoms with Crippen LogP contribution in [0.5, 0.6) is 11.5 Å². The third-order valence-electron chi connectivity index (χ3n) is 2.90. The van der Waals surface area contributed by atoms with Crippen LogP contribution in [-0.2, 0) is 0 Å². The molecule has 0 saturated carbocycles. The summed E-state index contributed by atoms with van der Waals surface area (Å²) in [6.07, 6.45) is 2.58. The summed E-state index contributed by atoms with van der Waals surface area (Å²) in [4.78, 5) is 0. The maximum atomic E-state index is 5.36. The summed E-state index contributed by atoms with van der Waals surface area (Å²) in [7, 11) is 0. The highest BCUT2D eigenvalue weighted by Crippen LogP contribution is 2.34. The number of ether oxygens (including phenoxy) is 2. The van der Waals surface area contributed by atoms with Crippen molar-refractivity contribution in [1.82, 2.24) is 0 Å². The molecule has 1 unspecified atom stereocenters. The van der Waals surface area contributed by atoms with E-state index in [4.69, 9.17) is 9.47 Å². The molecule has 2 aliphatic rings. The molecule has 1 aromatic carbocycles. The minimum atomic E-state index is 0.345. The molecule has 2 heterocycles. The fraction of sp³-hybridized carbons (Fsp3) is 0.500. The van der Waals surface area contributed by atoms with Gasteiger partial charge in [-0.05, 0) is 30.7 Å². The first-order valence-electron chi connectivity index (χ1n) is 5.66. The maximum absolute atomic E-state index is 5.36. The average Bonchev–Trinajstić information content (AvgIpc) is 2.77. The minimum absolute atomic E-state index is 0.345. The molecule has 16 heavy (non-hydrogen) atoms. The van der Waals surface area contributed by atoms with Crippen molar-refractivity contribution < 1.29 is 9.47 Å². The van der Waals surface area contributed by atoms with Crippen molar-refractivity contribution in [2.45, 2.75) is 18.9 Å². The van der Waals surface area contributed by atoms with Crippen LogP contribution >= 0.6 is 11.8 Å². The van der Waals surface area contributed by atoms with Crippen molar-refractivity contribution in [3.8, 4) is 11.5 Å². The van der Waals surface area contributed by atoms with Crippen molar-refractivity contribution in [3.63, 3.8) is 0 Å². The zero-order valence-corrected chi connectivity index (χ0v) is 9.89. The molecule has 1 fully saturated rings. The molecule has 0 radical (unpaired) electrons. The highest BCUT2D eigenvalue weighted by atomic mass is 32.2. The second kappa shape index (κ2) is 4.45. The summed E-state index contributed by atoms with van der Waals surface area (Å²) in [6, 6.07) is 6.66. The molecule has 86 valence electrons. The van der Waals surface area contributed by atoms with Gasteiger partial charge in [0.25, 0.3) is 0 Å².